The molecule has 0 aliphatic rings. The number of thiophene rings is 2. The highest BCUT2D eigenvalue weighted by Crippen LogP contribution is 2.34. The van der Waals surface area contributed by atoms with E-state index in [9.17, 15) is 4.79 Å². The molecule has 0 bridgehead atoms. The van der Waals surface area contributed by atoms with Gasteiger partial charge in [-0.2, -0.15) is 0 Å². The minimum Gasteiger partial charge on any atom is -0.392 e. The van der Waals surface area contributed by atoms with Gasteiger partial charge in [-0.3, -0.25) is 4.79 Å². The predicted octanol–water partition coefficient (Wildman–Crippen LogP) is 2.78. The van der Waals surface area contributed by atoms with Gasteiger partial charge in [-0.15, -0.1) is 22.7 Å². The van der Waals surface area contributed by atoms with Crippen LogP contribution < -0.4 is 0 Å². The van der Waals surface area contributed by atoms with Gasteiger partial charge in [0.2, 0.25) is 0 Å². The summed E-state index contributed by atoms with van der Waals surface area (Å²) in [5.41, 5.74) is 0.925. The fourth-order valence-electron chi connectivity index (χ4n) is 1.21. The Hall–Kier alpha value is -0.970. The number of carbonyl (C=O) groups excluding carboxylic acids is 1. The molecular weight excluding hydrogens is 216 g/mol. The SMILES string of the molecule is O=Cc1ccc(-c2sccc2CO)s1. The molecule has 2 heterocycles. The van der Waals surface area contributed by atoms with Crippen molar-refractivity contribution in [1.29, 1.82) is 0 Å². The van der Waals surface area contributed by atoms with Crippen molar-refractivity contribution in [3.05, 3.63) is 34.0 Å². The number of hydrogen-bond acceptors (Lipinski definition) is 4. The first-order valence-corrected chi connectivity index (χ1v) is 5.77. The van der Waals surface area contributed by atoms with Crippen molar-refractivity contribution in [3.63, 3.8) is 0 Å². The second-order valence-electron chi connectivity index (χ2n) is 2.75. The summed E-state index contributed by atoms with van der Waals surface area (Å²) in [4.78, 5) is 13.3. The van der Waals surface area contributed by atoms with Gasteiger partial charge in [0.25, 0.3) is 0 Å². The molecule has 0 aliphatic carbocycles. The van der Waals surface area contributed by atoms with E-state index in [2.05, 4.69) is 0 Å². The van der Waals surface area contributed by atoms with Crippen LogP contribution >= 0.6 is 22.7 Å². The molecule has 72 valence electrons. The Morgan fingerprint density at radius 3 is 2.86 bits per heavy atom. The lowest BCUT2D eigenvalue weighted by Gasteiger charge is -1.95. The maximum Gasteiger partial charge on any atom is 0.160 e. The topological polar surface area (TPSA) is 37.3 Å². The van der Waals surface area contributed by atoms with Gasteiger partial charge in [0.1, 0.15) is 0 Å². The van der Waals surface area contributed by atoms with E-state index in [0.29, 0.717) is 0 Å². The maximum atomic E-state index is 10.5. The fraction of sp³-hybridized carbons (Fsp3) is 0.100. The normalized spacial score (nSPS) is 10.4. The Bertz CT molecular complexity index is 442. The standard InChI is InChI=1S/C10H8O2S2/c11-5-7-3-4-13-10(7)9-2-1-8(6-12)14-9/h1-4,6,11H,5H2. The first-order chi connectivity index (χ1) is 6.85. The number of carbonyl (C=O) groups is 1. The summed E-state index contributed by atoms with van der Waals surface area (Å²) >= 11 is 3.04. The quantitative estimate of drug-likeness (QED) is 0.814. The highest BCUT2D eigenvalue weighted by atomic mass is 32.1. The van der Waals surface area contributed by atoms with Gasteiger partial charge in [0.05, 0.1) is 11.5 Å². The summed E-state index contributed by atoms with van der Waals surface area (Å²) < 4.78 is 0. The second-order valence-corrected chi connectivity index (χ2v) is 4.78. The minimum atomic E-state index is 0.0488. The van der Waals surface area contributed by atoms with Crippen molar-refractivity contribution in [2.45, 2.75) is 6.61 Å². The van der Waals surface area contributed by atoms with E-state index in [4.69, 9.17) is 5.11 Å². The van der Waals surface area contributed by atoms with Crippen LogP contribution in [0, 0.1) is 0 Å². The van der Waals surface area contributed by atoms with E-state index in [-0.39, 0.29) is 6.61 Å². The van der Waals surface area contributed by atoms with Crippen LogP contribution in [0.3, 0.4) is 0 Å². The third-order valence-corrected chi connectivity index (χ3v) is 4.03. The van der Waals surface area contributed by atoms with E-state index in [1.165, 1.54) is 11.3 Å². The van der Waals surface area contributed by atoms with Gasteiger partial charge in [-0.05, 0) is 29.1 Å². The van der Waals surface area contributed by atoms with Crippen LogP contribution in [0.5, 0.6) is 0 Å². The second kappa shape index (κ2) is 4.04. The van der Waals surface area contributed by atoms with Gasteiger partial charge in [0, 0.05) is 9.75 Å². The molecule has 2 aromatic heterocycles. The first-order valence-electron chi connectivity index (χ1n) is 4.07. The van der Waals surface area contributed by atoms with Crippen LogP contribution in [-0.2, 0) is 6.61 Å². The Labute approximate surface area is 89.5 Å². The molecule has 1 N–H and O–H groups in total. The Morgan fingerprint density at radius 1 is 1.36 bits per heavy atom. The van der Waals surface area contributed by atoms with Crippen LogP contribution in [0.2, 0.25) is 0 Å². The summed E-state index contributed by atoms with van der Waals surface area (Å²) in [5, 5.41) is 11.0. The summed E-state index contributed by atoms with van der Waals surface area (Å²) in [6.45, 7) is 0.0488. The van der Waals surface area contributed by atoms with Gasteiger partial charge >= 0.3 is 0 Å². The maximum absolute atomic E-state index is 10.5. The molecule has 0 spiro atoms. The molecule has 0 amide bonds. The summed E-state index contributed by atoms with van der Waals surface area (Å²) in [7, 11) is 0. The lowest BCUT2D eigenvalue weighted by Crippen LogP contribution is -1.79. The van der Waals surface area contributed by atoms with Crippen LogP contribution in [0.25, 0.3) is 9.75 Å². The van der Waals surface area contributed by atoms with E-state index in [1.807, 2.05) is 17.5 Å². The van der Waals surface area contributed by atoms with Gasteiger partial charge in [-0.25, -0.2) is 0 Å². The Balaban J connectivity index is 2.43. The van der Waals surface area contributed by atoms with Crippen LogP contribution in [0.4, 0.5) is 0 Å². The summed E-state index contributed by atoms with van der Waals surface area (Å²) in [5.74, 6) is 0. The average molecular weight is 224 g/mol. The molecule has 0 fully saturated rings. The smallest absolute Gasteiger partial charge is 0.160 e. The molecule has 0 saturated heterocycles. The van der Waals surface area contributed by atoms with E-state index < -0.39 is 0 Å². The molecule has 2 nitrogen and oxygen atoms in total. The molecule has 14 heavy (non-hydrogen) atoms. The number of aliphatic hydroxyl groups excluding tert-OH is 1. The lowest BCUT2D eigenvalue weighted by atomic mass is 10.2. The third kappa shape index (κ3) is 1.64. The number of aldehydes is 1. The average Bonchev–Trinajstić information content (AvgIpc) is 2.85. The first kappa shape index (κ1) is 9.58. The molecule has 0 radical (unpaired) electrons. The van der Waals surface area contributed by atoms with Crippen LogP contribution in [-0.4, -0.2) is 11.4 Å². The van der Waals surface area contributed by atoms with Gasteiger partial charge < -0.3 is 5.11 Å². The monoisotopic (exact) mass is 224 g/mol. The third-order valence-electron chi connectivity index (χ3n) is 1.88. The largest absolute Gasteiger partial charge is 0.392 e. The minimum absolute atomic E-state index is 0.0488. The Morgan fingerprint density at radius 2 is 2.21 bits per heavy atom. The fourth-order valence-corrected chi connectivity index (χ4v) is 3.12. The van der Waals surface area contributed by atoms with Crippen molar-refractivity contribution in [1.82, 2.24) is 0 Å². The molecule has 0 unspecified atom stereocenters. The molecule has 2 rings (SSSR count). The molecule has 0 aromatic carbocycles. The van der Waals surface area contributed by atoms with E-state index >= 15 is 0 Å². The zero-order valence-electron chi connectivity index (χ0n) is 7.27. The van der Waals surface area contributed by atoms with E-state index in [0.717, 1.165) is 26.5 Å². The van der Waals surface area contributed by atoms with Crippen LogP contribution in [0.15, 0.2) is 23.6 Å². The summed E-state index contributed by atoms with van der Waals surface area (Å²) in [6.07, 6.45) is 0.848. The highest BCUT2D eigenvalue weighted by molar-refractivity contribution is 7.22. The zero-order valence-corrected chi connectivity index (χ0v) is 8.90. The zero-order chi connectivity index (χ0) is 9.97. The van der Waals surface area contributed by atoms with Crippen LogP contribution in [0.1, 0.15) is 15.2 Å². The summed E-state index contributed by atoms with van der Waals surface area (Å²) in [6, 6.07) is 5.62. The highest BCUT2D eigenvalue weighted by Gasteiger charge is 2.08. The van der Waals surface area contributed by atoms with Gasteiger partial charge in [0.15, 0.2) is 6.29 Å². The number of hydrogen-bond donors (Lipinski definition) is 1. The molecule has 4 heteroatoms. The predicted molar refractivity (Wildman–Crippen MR) is 58.9 cm³/mol. The molecule has 0 saturated carbocycles. The van der Waals surface area contributed by atoms with Gasteiger partial charge in [-0.1, -0.05) is 0 Å². The van der Waals surface area contributed by atoms with Crippen molar-refractivity contribution in [3.8, 4) is 9.75 Å². The Kier molecular flexibility index (Phi) is 2.77. The van der Waals surface area contributed by atoms with Crippen molar-refractivity contribution >= 4 is 29.0 Å². The molecule has 0 atom stereocenters. The van der Waals surface area contributed by atoms with Crippen molar-refractivity contribution < 1.29 is 9.90 Å². The van der Waals surface area contributed by atoms with Crippen molar-refractivity contribution in [2.24, 2.45) is 0 Å². The molecular formula is C10H8O2S2. The molecule has 2 aromatic rings. The number of rotatable bonds is 3. The molecule has 0 aliphatic heterocycles. The number of aliphatic hydroxyl groups is 1. The van der Waals surface area contributed by atoms with E-state index in [1.54, 1.807) is 17.4 Å². The lowest BCUT2D eigenvalue weighted by molar-refractivity contribution is 0.112. The van der Waals surface area contributed by atoms with Crippen molar-refractivity contribution in [2.75, 3.05) is 0 Å².